The fourth-order valence-electron chi connectivity index (χ4n) is 2.51. The van der Waals surface area contributed by atoms with Crippen LogP contribution in [0.25, 0.3) is 0 Å². The maximum atomic E-state index is 12.2. The largest absolute Gasteiger partial charge is 0.351 e. The Morgan fingerprint density at radius 2 is 2.08 bits per heavy atom. The van der Waals surface area contributed by atoms with Gasteiger partial charge in [0.15, 0.2) is 0 Å². The number of halogens is 1. The lowest BCUT2D eigenvalue weighted by Gasteiger charge is -2.06. The third kappa shape index (κ3) is 4.16. The van der Waals surface area contributed by atoms with Crippen molar-refractivity contribution in [3.63, 3.8) is 0 Å². The Morgan fingerprint density at radius 1 is 1.24 bits per heavy atom. The average molecular weight is 406 g/mol. The molecule has 0 aliphatic heterocycles. The second-order valence-corrected chi connectivity index (χ2v) is 6.54. The zero-order valence-corrected chi connectivity index (χ0v) is 15.8. The van der Waals surface area contributed by atoms with Gasteiger partial charge in [-0.1, -0.05) is 0 Å². The van der Waals surface area contributed by atoms with Gasteiger partial charge in [0.1, 0.15) is 12.4 Å². The van der Waals surface area contributed by atoms with Crippen LogP contribution < -0.4 is 5.32 Å². The molecule has 25 heavy (non-hydrogen) atoms. The predicted octanol–water partition coefficient (Wildman–Crippen LogP) is 1.98. The topological polar surface area (TPSA) is 82.6 Å². The number of amides is 1. The summed E-state index contributed by atoms with van der Waals surface area (Å²) >= 11 is 3.52. The molecule has 3 aromatic heterocycles. The monoisotopic (exact) mass is 405 g/mol. The molecule has 1 amide bonds. The van der Waals surface area contributed by atoms with E-state index in [0.29, 0.717) is 18.9 Å². The number of aromatic nitrogens is 6. The van der Waals surface area contributed by atoms with E-state index < -0.39 is 0 Å². The maximum Gasteiger partial charge on any atom is 0.271 e. The number of hydrogen-bond acceptors (Lipinski definition) is 4. The quantitative estimate of drug-likeness (QED) is 0.609. The number of aryl methyl sites for hydroxylation is 2. The highest BCUT2D eigenvalue weighted by molar-refractivity contribution is 9.10. The molecule has 132 valence electrons. The van der Waals surface area contributed by atoms with Gasteiger partial charge in [-0.05, 0) is 48.3 Å². The molecule has 3 aromatic rings. The molecule has 8 nitrogen and oxygen atoms in total. The van der Waals surface area contributed by atoms with Crippen LogP contribution in [0.3, 0.4) is 0 Å². The summed E-state index contributed by atoms with van der Waals surface area (Å²) in [7, 11) is 0. The molecule has 1 N–H and O–H groups in total. The van der Waals surface area contributed by atoms with Crippen molar-refractivity contribution < 1.29 is 4.79 Å². The molecule has 3 rings (SSSR count). The second kappa shape index (κ2) is 7.64. The normalized spacial score (nSPS) is 11.0. The number of nitrogens with one attached hydrogen (secondary N) is 1. The van der Waals surface area contributed by atoms with Crippen LogP contribution in [0.2, 0.25) is 0 Å². The van der Waals surface area contributed by atoms with Crippen LogP contribution in [-0.4, -0.2) is 41.8 Å². The summed E-state index contributed by atoms with van der Waals surface area (Å²) in [6.07, 6.45) is 6.12. The minimum Gasteiger partial charge on any atom is -0.351 e. The predicted molar refractivity (Wildman–Crippen MR) is 96.2 cm³/mol. The van der Waals surface area contributed by atoms with Crippen molar-refractivity contribution in [3.05, 3.63) is 52.3 Å². The lowest BCUT2D eigenvalue weighted by Crippen LogP contribution is -2.26. The van der Waals surface area contributed by atoms with Crippen molar-refractivity contribution in [1.82, 2.24) is 34.7 Å². The van der Waals surface area contributed by atoms with E-state index >= 15 is 0 Å². The second-order valence-electron chi connectivity index (χ2n) is 5.74. The fourth-order valence-corrected chi connectivity index (χ4v) is 2.79. The first-order valence-corrected chi connectivity index (χ1v) is 8.82. The van der Waals surface area contributed by atoms with Gasteiger partial charge < -0.3 is 5.32 Å². The Kier molecular flexibility index (Phi) is 5.32. The lowest BCUT2D eigenvalue weighted by atomic mass is 10.3. The van der Waals surface area contributed by atoms with E-state index in [4.69, 9.17) is 0 Å². The van der Waals surface area contributed by atoms with E-state index in [1.807, 2.05) is 30.8 Å². The van der Waals surface area contributed by atoms with E-state index in [-0.39, 0.29) is 5.91 Å². The van der Waals surface area contributed by atoms with Crippen molar-refractivity contribution in [1.29, 1.82) is 0 Å². The molecule has 9 heteroatoms. The van der Waals surface area contributed by atoms with Crippen LogP contribution in [0, 0.1) is 13.8 Å². The number of carbonyl (C=O) groups is 1. The van der Waals surface area contributed by atoms with Gasteiger partial charge >= 0.3 is 0 Å². The standard InChI is InChI=1S/C16H20BrN7O/c1-12-15(17)13(2)24(20-12)9-3-6-18-16(25)14-5-10-23(21-14)11-22-8-4-7-19-22/h4-5,7-8,10H,3,6,9,11H2,1-2H3,(H,18,25). The van der Waals surface area contributed by atoms with Gasteiger partial charge in [-0.15, -0.1) is 0 Å². The van der Waals surface area contributed by atoms with Crippen LogP contribution >= 0.6 is 15.9 Å². The van der Waals surface area contributed by atoms with Gasteiger partial charge in [0.25, 0.3) is 5.91 Å². The van der Waals surface area contributed by atoms with E-state index in [1.54, 1.807) is 27.8 Å². The Hall–Kier alpha value is -2.42. The molecule has 0 spiro atoms. The summed E-state index contributed by atoms with van der Waals surface area (Å²) in [4.78, 5) is 12.2. The Labute approximate surface area is 154 Å². The first-order chi connectivity index (χ1) is 12.0. The van der Waals surface area contributed by atoms with Crippen LogP contribution in [0.1, 0.15) is 28.3 Å². The Balaban J connectivity index is 1.46. The number of rotatable bonds is 7. The molecule has 0 fully saturated rings. The number of nitrogens with zero attached hydrogens (tertiary/aromatic N) is 6. The van der Waals surface area contributed by atoms with Crippen molar-refractivity contribution in [2.24, 2.45) is 0 Å². The first-order valence-electron chi connectivity index (χ1n) is 8.03. The molecular formula is C16H20BrN7O. The van der Waals surface area contributed by atoms with Crippen LogP contribution in [0.15, 0.2) is 35.2 Å². The third-order valence-corrected chi connectivity index (χ3v) is 5.00. The molecule has 0 atom stereocenters. The van der Waals surface area contributed by atoms with E-state index in [9.17, 15) is 4.79 Å². The van der Waals surface area contributed by atoms with Crippen molar-refractivity contribution in [2.75, 3.05) is 6.54 Å². The smallest absolute Gasteiger partial charge is 0.271 e. The highest BCUT2D eigenvalue weighted by Crippen LogP contribution is 2.19. The number of hydrogen-bond donors (Lipinski definition) is 1. The highest BCUT2D eigenvalue weighted by atomic mass is 79.9. The molecule has 0 bridgehead atoms. The van der Waals surface area contributed by atoms with E-state index in [0.717, 1.165) is 28.8 Å². The van der Waals surface area contributed by atoms with E-state index in [1.165, 1.54) is 0 Å². The van der Waals surface area contributed by atoms with E-state index in [2.05, 4.69) is 36.5 Å². The Morgan fingerprint density at radius 3 is 2.76 bits per heavy atom. The van der Waals surface area contributed by atoms with Crippen LogP contribution in [0.4, 0.5) is 0 Å². The first kappa shape index (κ1) is 17.4. The highest BCUT2D eigenvalue weighted by Gasteiger charge is 2.10. The van der Waals surface area contributed by atoms with Gasteiger partial charge in [0, 0.05) is 37.4 Å². The van der Waals surface area contributed by atoms with Crippen LogP contribution in [-0.2, 0) is 13.2 Å². The maximum absolute atomic E-state index is 12.2. The molecule has 0 unspecified atom stereocenters. The molecule has 0 aliphatic carbocycles. The lowest BCUT2D eigenvalue weighted by molar-refractivity contribution is 0.0946. The summed E-state index contributed by atoms with van der Waals surface area (Å²) in [5.74, 6) is -0.172. The molecule has 0 aliphatic rings. The van der Waals surface area contributed by atoms with Gasteiger partial charge in [-0.2, -0.15) is 15.3 Å². The summed E-state index contributed by atoms with van der Waals surface area (Å²) in [6, 6.07) is 3.55. The molecule has 0 saturated carbocycles. The van der Waals surface area contributed by atoms with Crippen molar-refractivity contribution in [3.8, 4) is 0 Å². The zero-order chi connectivity index (χ0) is 17.8. The summed E-state index contributed by atoms with van der Waals surface area (Å²) in [5.41, 5.74) is 2.48. The zero-order valence-electron chi connectivity index (χ0n) is 14.2. The molecule has 0 aromatic carbocycles. The van der Waals surface area contributed by atoms with Crippen LogP contribution in [0.5, 0.6) is 0 Å². The van der Waals surface area contributed by atoms with Gasteiger partial charge in [0.2, 0.25) is 0 Å². The molecule has 0 saturated heterocycles. The molecular weight excluding hydrogens is 386 g/mol. The minimum atomic E-state index is -0.172. The van der Waals surface area contributed by atoms with Crippen molar-refractivity contribution >= 4 is 21.8 Å². The van der Waals surface area contributed by atoms with Gasteiger partial charge in [-0.25, -0.2) is 0 Å². The molecule has 3 heterocycles. The Bertz CT molecular complexity index is 850. The molecule has 0 radical (unpaired) electrons. The third-order valence-electron chi connectivity index (χ3n) is 3.85. The fraction of sp³-hybridized carbons (Fsp3) is 0.375. The number of carbonyl (C=O) groups excluding carboxylic acids is 1. The summed E-state index contributed by atoms with van der Waals surface area (Å²) in [6.45, 7) is 5.80. The van der Waals surface area contributed by atoms with Gasteiger partial charge in [0.05, 0.1) is 10.2 Å². The minimum absolute atomic E-state index is 0.172. The summed E-state index contributed by atoms with van der Waals surface area (Å²) in [5, 5.41) is 15.7. The summed E-state index contributed by atoms with van der Waals surface area (Å²) < 4.78 is 6.40. The van der Waals surface area contributed by atoms with Gasteiger partial charge in [-0.3, -0.25) is 18.8 Å². The van der Waals surface area contributed by atoms with Crippen molar-refractivity contribution in [2.45, 2.75) is 33.5 Å². The SMILES string of the molecule is Cc1nn(CCCNC(=O)c2ccn(Cn3cccn3)n2)c(C)c1Br. The average Bonchev–Trinajstić information content (AvgIpc) is 3.32.